The van der Waals surface area contributed by atoms with Crippen molar-refractivity contribution in [3.05, 3.63) is 0 Å². The van der Waals surface area contributed by atoms with E-state index in [1.54, 1.807) is 0 Å². The Morgan fingerprint density at radius 2 is 1.79 bits per heavy atom. The van der Waals surface area contributed by atoms with Gasteiger partial charge in [0.15, 0.2) is 0 Å². The fourth-order valence-corrected chi connectivity index (χ4v) is 0.830. The van der Waals surface area contributed by atoms with Gasteiger partial charge in [0.25, 0.3) is 0 Å². The van der Waals surface area contributed by atoms with Gasteiger partial charge in [0, 0.05) is 26.1 Å². The van der Waals surface area contributed by atoms with Crippen LogP contribution < -0.4 is 16.0 Å². The molecule has 0 spiro atoms. The highest BCUT2D eigenvalue weighted by Crippen LogP contribution is 1.73. The van der Waals surface area contributed by atoms with E-state index in [2.05, 4.69) is 16.0 Å². The molecule has 5 nitrogen and oxygen atoms in total. The molecule has 0 saturated heterocycles. The molecule has 82 valence electrons. The Hall–Kier alpha value is -1.10. The van der Waals surface area contributed by atoms with E-state index in [1.807, 2.05) is 13.8 Å². The lowest BCUT2D eigenvalue weighted by Gasteiger charge is -2.09. The van der Waals surface area contributed by atoms with Crippen LogP contribution in [0.25, 0.3) is 0 Å². The lowest BCUT2D eigenvalue weighted by atomic mass is 10.4. The van der Waals surface area contributed by atoms with Gasteiger partial charge in [-0.15, -0.1) is 0 Å². The fraction of sp³-hybridized carbons (Fsp3) is 0.778. The maximum atomic E-state index is 11.0. The SMILES string of the molecule is CC(=O)NCC(=O)NCCNC(C)C. The van der Waals surface area contributed by atoms with Crippen molar-refractivity contribution in [1.29, 1.82) is 0 Å². The Balaban J connectivity index is 3.31. The normalized spacial score (nSPS) is 10.0. The summed E-state index contributed by atoms with van der Waals surface area (Å²) in [5.41, 5.74) is 0. The summed E-state index contributed by atoms with van der Waals surface area (Å²) in [5, 5.41) is 8.26. The second-order valence-corrected chi connectivity index (χ2v) is 3.37. The van der Waals surface area contributed by atoms with Gasteiger partial charge in [-0.2, -0.15) is 0 Å². The second kappa shape index (κ2) is 7.32. The maximum Gasteiger partial charge on any atom is 0.239 e. The molecular formula is C9H19N3O2. The van der Waals surface area contributed by atoms with E-state index in [-0.39, 0.29) is 18.4 Å². The zero-order chi connectivity index (χ0) is 11.0. The summed E-state index contributed by atoms with van der Waals surface area (Å²) in [4.78, 5) is 21.5. The van der Waals surface area contributed by atoms with Gasteiger partial charge in [-0.3, -0.25) is 9.59 Å². The van der Waals surface area contributed by atoms with Gasteiger partial charge in [-0.1, -0.05) is 13.8 Å². The molecule has 0 saturated carbocycles. The van der Waals surface area contributed by atoms with E-state index in [0.717, 1.165) is 6.54 Å². The number of hydrogen-bond acceptors (Lipinski definition) is 3. The molecule has 0 aromatic carbocycles. The Kier molecular flexibility index (Phi) is 6.74. The van der Waals surface area contributed by atoms with Crippen molar-refractivity contribution in [2.45, 2.75) is 26.8 Å². The molecule has 14 heavy (non-hydrogen) atoms. The van der Waals surface area contributed by atoms with Crippen LogP contribution in [-0.2, 0) is 9.59 Å². The van der Waals surface area contributed by atoms with Gasteiger partial charge in [-0.25, -0.2) is 0 Å². The van der Waals surface area contributed by atoms with Crippen molar-refractivity contribution < 1.29 is 9.59 Å². The molecule has 0 unspecified atom stereocenters. The highest BCUT2D eigenvalue weighted by molar-refractivity contribution is 5.83. The molecule has 5 heteroatoms. The quantitative estimate of drug-likeness (QED) is 0.495. The van der Waals surface area contributed by atoms with Crippen molar-refractivity contribution in [2.24, 2.45) is 0 Å². The van der Waals surface area contributed by atoms with E-state index >= 15 is 0 Å². The molecule has 0 rings (SSSR count). The minimum Gasteiger partial charge on any atom is -0.353 e. The monoisotopic (exact) mass is 201 g/mol. The average molecular weight is 201 g/mol. The van der Waals surface area contributed by atoms with Crippen LogP contribution in [0.2, 0.25) is 0 Å². The number of rotatable bonds is 6. The van der Waals surface area contributed by atoms with Gasteiger partial charge < -0.3 is 16.0 Å². The van der Waals surface area contributed by atoms with Crippen molar-refractivity contribution in [3.8, 4) is 0 Å². The highest BCUT2D eigenvalue weighted by atomic mass is 16.2. The first-order valence-corrected chi connectivity index (χ1v) is 4.77. The number of carbonyl (C=O) groups excluding carboxylic acids is 2. The zero-order valence-corrected chi connectivity index (χ0v) is 9.02. The lowest BCUT2D eigenvalue weighted by Crippen LogP contribution is -2.39. The van der Waals surface area contributed by atoms with Crippen LogP contribution >= 0.6 is 0 Å². The van der Waals surface area contributed by atoms with E-state index in [1.165, 1.54) is 6.92 Å². The first-order chi connectivity index (χ1) is 6.52. The standard InChI is InChI=1S/C9H19N3O2/c1-7(2)10-4-5-11-9(14)6-12-8(3)13/h7,10H,4-6H2,1-3H3,(H,11,14)(H,12,13). The molecular weight excluding hydrogens is 182 g/mol. The van der Waals surface area contributed by atoms with E-state index in [9.17, 15) is 9.59 Å². The largest absolute Gasteiger partial charge is 0.353 e. The highest BCUT2D eigenvalue weighted by Gasteiger charge is 2.00. The molecule has 0 aromatic rings. The molecule has 3 N–H and O–H groups in total. The molecule has 0 aromatic heterocycles. The van der Waals surface area contributed by atoms with Crippen LogP contribution in [0.15, 0.2) is 0 Å². The molecule has 0 radical (unpaired) electrons. The van der Waals surface area contributed by atoms with Crippen LogP contribution in [0.1, 0.15) is 20.8 Å². The van der Waals surface area contributed by atoms with Gasteiger partial charge in [0.2, 0.25) is 11.8 Å². The summed E-state index contributed by atoms with van der Waals surface area (Å²) in [6.45, 7) is 6.84. The molecule has 0 aliphatic rings. The molecule has 0 aliphatic heterocycles. The molecule has 0 aliphatic carbocycles. The first kappa shape index (κ1) is 12.9. The predicted octanol–water partition coefficient (Wildman–Crippen LogP) is -0.763. The molecule has 0 bridgehead atoms. The Bertz CT molecular complexity index is 192. The Morgan fingerprint density at radius 3 is 2.29 bits per heavy atom. The van der Waals surface area contributed by atoms with Crippen LogP contribution in [0.3, 0.4) is 0 Å². The van der Waals surface area contributed by atoms with Crippen molar-refractivity contribution in [1.82, 2.24) is 16.0 Å². The summed E-state index contributed by atoms with van der Waals surface area (Å²) in [6.07, 6.45) is 0. The molecule has 0 fully saturated rings. The third-order valence-electron chi connectivity index (χ3n) is 1.50. The van der Waals surface area contributed by atoms with E-state index in [0.29, 0.717) is 12.6 Å². The van der Waals surface area contributed by atoms with Crippen LogP contribution in [-0.4, -0.2) is 37.5 Å². The summed E-state index contributed by atoms with van der Waals surface area (Å²) in [5.74, 6) is -0.355. The molecule has 2 amide bonds. The van der Waals surface area contributed by atoms with Crippen molar-refractivity contribution in [3.63, 3.8) is 0 Å². The third kappa shape index (κ3) is 8.99. The maximum absolute atomic E-state index is 11.0. The smallest absolute Gasteiger partial charge is 0.239 e. The molecule has 0 heterocycles. The summed E-state index contributed by atoms with van der Waals surface area (Å²) < 4.78 is 0. The van der Waals surface area contributed by atoms with Gasteiger partial charge in [0.05, 0.1) is 6.54 Å². The van der Waals surface area contributed by atoms with Gasteiger partial charge in [0.1, 0.15) is 0 Å². The van der Waals surface area contributed by atoms with Crippen LogP contribution in [0.5, 0.6) is 0 Å². The van der Waals surface area contributed by atoms with Crippen LogP contribution in [0, 0.1) is 0 Å². The summed E-state index contributed by atoms with van der Waals surface area (Å²) in [6, 6.07) is 0.419. The minimum absolute atomic E-state index is 0.0526. The number of carbonyl (C=O) groups is 2. The van der Waals surface area contributed by atoms with Gasteiger partial charge >= 0.3 is 0 Å². The zero-order valence-electron chi connectivity index (χ0n) is 9.02. The fourth-order valence-electron chi connectivity index (χ4n) is 0.830. The van der Waals surface area contributed by atoms with E-state index in [4.69, 9.17) is 0 Å². The van der Waals surface area contributed by atoms with Gasteiger partial charge in [-0.05, 0) is 0 Å². The average Bonchev–Trinajstić information content (AvgIpc) is 2.08. The van der Waals surface area contributed by atoms with Crippen LogP contribution in [0.4, 0.5) is 0 Å². The summed E-state index contributed by atoms with van der Waals surface area (Å²) >= 11 is 0. The number of nitrogens with one attached hydrogen (secondary N) is 3. The summed E-state index contributed by atoms with van der Waals surface area (Å²) in [7, 11) is 0. The van der Waals surface area contributed by atoms with Crippen molar-refractivity contribution in [2.75, 3.05) is 19.6 Å². The minimum atomic E-state index is -0.194. The first-order valence-electron chi connectivity index (χ1n) is 4.77. The second-order valence-electron chi connectivity index (χ2n) is 3.37. The Labute approximate surface area is 84.6 Å². The van der Waals surface area contributed by atoms with Crippen molar-refractivity contribution >= 4 is 11.8 Å². The topological polar surface area (TPSA) is 70.2 Å². The number of hydrogen-bond donors (Lipinski definition) is 3. The lowest BCUT2D eigenvalue weighted by molar-refractivity contribution is -0.125. The number of amides is 2. The predicted molar refractivity (Wildman–Crippen MR) is 54.8 cm³/mol. The third-order valence-corrected chi connectivity index (χ3v) is 1.50. The Morgan fingerprint density at radius 1 is 1.14 bits per heavy atom. The van der Waals surface area contributed by atoms with E-state index < -0.39 is 0 Å². The molecule has 0 atom stereocenters.